The number of methoxy groups -OCH3 is 1. The molecular weight excluding hydrogens is 536 g/mol. The molecule has 0 spiro atoms. The second kappa shape index (κ2) is 12.8. The number of aliphatic imine (C=N–C) groups is 1. The summed E-state index contributed by atoms with van der Waals surface area (Å²) in [6, 6.07) is 16.6. The van der Waals surface area contributed by atoms with Crippen LogP contribution in [-0.4, -0.2) is 55.1 Å². The van der Waals surface area contributed by atoms with Gasteiger partial charge in [-0.1, -0.05) is 35.9 Å². The Morgan fingerprint density at radius 1 is 1.12 bits per heavy atom. The molecule has 204 valence electrons. The van der Waals surface area contributed by atoms with Crippen LogP contribution in [0.4, 0.5) is 0 Å². The van der Waals surface area contributed by atoms with Crippen molar-refractivity contribution >= 4 is 35.3 Å². The molecule has 5 rings (SSSR count). The summed E-state index contributed by atoms with van der Waals surface area (Å²) < 4.78 is 7.90. The quantitative estimate of drug-likeness (QED) is 0.265. The number of carbonyl (C=O) groups excluding carboxylic acids is 1. The molecule has 40 heavy (non-hydrogen) atoms. The second-order valence-electron chi connectivity index (χ2n) is 8.77. The fourth-order valence-electron chi connectivity index (χ4n) is 4.35. The molecule has 4 aromatic rings. The third-order valence-corrected chi connectivity index (χ3v) is 6.47. The summed E-state index contributed by atoms with van der Waals surface area (Å²) in [5, 5.41) is 18.8. The van der Waals surface area contributed by atoms with Gasteiger partial charge in [-0.2, -0.15) is 4.68 Å². The van der Waals surface area contributed by atoms with E-state index in [1.54, 1.807) is 29.0 Å². The van der Waals surface area contributed by atoms with Gasteiger partial charge in [0.15, 0.2) is 0 Å². The van der Waals surface area contributed by atoms with E-state index in [2.05, 4.69) is 15.5 Å². The normalized spacial score (nSPS) is 12.4. The minimum atomic E-state index is -0.270. The van der Waals surface area contributed by atoms with Crippen molar-refractivity contribution in [2.24, 2.45) is 4.99 Å². The smallest absolute Gasteiger partial charge is 0.309 e. The molecule has 0 atom stereocenters. The zero-order valence-corrected chi connectivity index (χ0v) is 22.4. The molecule has 12 heteroatoms. The van der Waals surface area contributed by atoms with Gasteiger partial charge in [-0.3, -0.25) is 19.4 Å². The van der Waals surface area contributed by atoms with Crippen molar-refractivity contribution in [2.75, 3.05) is 7.11 Å². The molecule has 0 amide bonds. The Bertz CT molecular complexity index is 1640. The van der Waals surface area contributed by atoms with Crippen molar-refractivity contribution in [2.45, 2.75) is 26.3 Å². The summed E-state index contributed by atoms with van der Waals surface area (Å²) in [7, 11) is 1.38. The lowest BCUT2D eigenvalue weighted by atomic mass is 9.99. The van der Waals surface area contributed by atoms with Crippen LogP contribution in [0.3, 0.4) is 0 Å². The van der Waals surface area contributed by atoms with Gasteiger partial charge in [-0.25, -0.2) is 0 Å². The lowest BCUT2D eigenvalue weighted by Gasteiger charge is -2.11. The number of tetrazole rings is 1. The van der Waals surface area contributed by atoms with Gasteiger partial charge in [-0.15, -0.1) is 5.10 Å². The van der Waals surface area contributed by atoms with Gasteiger partial charge in [0, 0.05) is 40.7 Å². The van der Waals surface area contributed by atoms with Crippen LogP contribution in [-0.2, 0) is 27.3 Å². The van der Waals surface area contributed by atoms with Gasteiger partial charge < -0.3 is 14.4 Å². The highest BCUT2D eigenvalue weighted by molar-refractivity contribution is 6.31. The number of hydrogen-bond donors (Lipinski definition) is 1. The molecule has 0 unspecified atom stereocenters. The molecule has 0 radical (unpaired) electrons. The Morgan fingerprint density at radius 3 is 2.52 bits per heavy atom. The van der Waals surface area contributed by atoms with Crippen LogP contribution >= 0.6 is 11.6 Å². The Hall–Kier alpha value is -4.90. The predicted octanol–water partition coefficient (Wildman–Crippen LogP) is 3.84. The second-order valence-corrected chi connectivity index (χ2v) is 9.21. The maximum atomic E-state index is 13.0. The minimum Gasteiger partial charge on any atom is -0.483 e. The third kappa shape index (κ3) is 6.56. The largest absolute Gasteiger partial charge is 0.483 e. The van der Waals surface area contributed by atoms with Crippen LogP contribution < -0.4 is 5.56 Å². The summed E-state index contributed by atoms with van der Waals surface area (Å²) in [5.41, 5.74) is 6.89. The van der Waals surface area contributed by atoms with E-state index in [9.17, 15) is 9.59 Å². The topological polar surface area (TPSA) is 142 Å². The number of benzene rings is 2. The number of halogens is 1. The number of ether oxygens (including phenoxy) is 1. The zero-order chi connectivity index (χ0) is 28.6. The van der Waals surface area contributed by atoms with E-state index in [4.69, 9.17) is 31.2 Å². The van der Waals surface area contributed by atoms with Crippen molar-refractivity contribution in [1.82, 2.24) is 24.8 Å². The molecule has 1 aliphatic rings. The van der Waals surface area contributed by atoms with Gasteiger partial charge in [0.05, 0.1) is 25.8 Å². The molecule has 3 heterocycles. The molecule has 0 fully saturated rings. The number of hydrogen-bond acceptors (Lipinski definition) is 8. The summed E-state index contributed by atoms with van der Waals surface area (Å²) in [6.45, 7) is 2.10. The third-order valence-electron chi connectivity index (χ3n) is 6.24. The summed E-state index contributed by atoms with van der Waals surface area (Å²) in [5.74, 6) is -0.270. The Kier molecular flexibility index (Phi) is 8.97. The highest BCUT2D eigenvalue weighted by Crippen LogP contribution is 2.31. The molecule has 1 N–H and O–H groups in total. The van der Waals surface area contributed by atoms with Crippen molar-refractivity contribution in [1.29, 1.82) is 0 Å². The number of carboxylic acid groups (broad SMARTS) is 1. The summed E-state index contributed by atoms with van der Waals surface area (Å²) >= 11 is 6.24. The van der Waals surface area contributed by atoms with Crippen molar-refractivity contribution < 1.29 is 19.4 Å². The molecule has 11 nitrogen and oxygen atoms in total. The van der Waals surface area contributed by atoms with E-state index < -0.39 is 0 Å². The summed E-state index contributed by atoms with van der Waals surface area (Å²) in [6.07, 6.45) is 4.14. The Morgan fingerprint density at radius 2 is 1.88 bits per heavy atom. The Balaban J connectivity index is 0.00000118. The number of rotatable bonds is 7. The highest BCUT2D eigenvalue weighted by Gasteiger charge is 2.18. The van der Waals surface area contributed by atoms with E-state index in [1.165, 1.54) is 18.1 Å². The molecule has 2 aromatic carbocycles. The van der Waals surface area contributed by atoms with Crippen LogP contribution in [0.25, 0.3) is 22.4 Å². The minimum absolute atomic E-state index is 0.152. The first-order valence-corrected chi connectivity index (χ1v) is 12.4. The van der Waals surface area contributed by atoms with Gasteiger partial charge >= 0.3 is 5.97 Å². The lowest BCUT2D eigenvalue weighted by molar-refractivity contribution is -0.139. The molecule has 0 aliphatic carbocycles. The maximum Gasteiger partial charge on any atom is 0.309 e. The van der Waals surface area contributed by atoms with Gasteiger partial charge in [0.2, 0.25) is 0 Å². The standard InChI is InChI=1S/C27H23ClN6O3.CH2O2/c1-17-23(19-5-3-18(4-6-19)11-27(36)37-2)14-22(30-17)15-33-10-9-20(12-26(33)35)24-13-21(28)7-8-25(24)34-16-29-31-32-34;2-1-3/h3-10,12-13,16H,11,14-15H2,1-2H3;1H,(H,2,3). The van der Waals surface area contributed by atoms with E-state index >= 15 is 0 Å². The average Bonchev–Trinajstić information content (AvgIpc) is 3.61. The molecule has 0 bridgehead atoms. The van der Waals surface area contributed by atoms with Gasteiger partial charge in [-0.05, 0) is 63.9 Å². The van der Waals surface area contributed by atoms with Crippen molar-refractivity contribution in [3.8, 4) is 16.8 Å². The number of aromatic nitrogens is 5. The lowest BCUT2D eigenvalue weighted by Crippen LogP contribution is -2.22. The van der Waals surface area contributed by atoms with Gasteiger partial charge in [0.1, 0.15) is 6.33 Å². The molecular formula is C28H25ClN6O5. The monoisotopic (exact) mass is 560 g/mol. The van der Waals surface area contributed by atoms with E-state index in [1.807, 2.05) is 43.3 Å². The van der Waals surface area contributed by atoms with Crippen LogP contribution in [0, 0.1) is 0 Å². The van der Waals surface area contributed by atoms with Crippen LogP contribution in [0.5, 0.6) is 0 Å². The highest BCUT2D eigenvalue weighted by atomic mass is 35.5. The first-order chi connectivity index (χ1) is 19.3. The maximum absolute atomic E-state index is 13.0. The SMILES string of the molecule is COC(=O)Cc1ccc(C2=C(C)N=C(Cn3ccc(-c4cc(Cl)ccc4-n4cnnn4)cc3=O)C2)cc1.O=CO. The molecule has 0 saturated carbocycles. The number of nitrogens with zero attached hydrogens (tertiary/aromatic N) is 6. The van der Waals surface area contributed by atoms with Crippen LogP contribution in [0.15, 0.2) is 82.6 Å². The van der Waals surface area contributed by atoms with Crippen molar-refractivity contribution in [3.63, 3.8) is 0 Å². The van der Waals surface area contributed by atoms with E-state index in [0.29, 0.717) is 29.2 Å². The fourth-order valence-corrected chi connectivity index (χ4v) is 4.53. The number of pyridine rings is 1. The van der Waals surface area contributed by atoms with Gasteiger partial charge in [0.25, 0.3) is 12.0 Å². The van der Waals surface area contributed by atoms with E-state index in [0.717, 1.165) is 33.7 Å². The number of allylic oxidation sites excluding steroid dienone is 2. The molecule has 0 saturated heterocycles. The van der Waals surface area contributed by atoms with Crippen LogP contribution in [0.2, 0.25) is 5.02 Å². The average molecular weight is 561 g/mol. The fraction of sp³-hybridized carbons (Fsp3) is 0.179. The number of carbonyl (C=O) groups is 2. The summed E-state index contributed by atoms with van der Waals surface area (Å²) in [4.78, 5) is 37.6. The molecule has 1 aliphatic heterocycles. The first-order valence-electron chi connectivity index (χ1n) is 12.1. The zero-order valence-electron chi connectivity index (χ0n) is 21.7. The number of esters is 1. The predicted molar refractivity (Wildman–Crippen MR) is 149 cm³/mol. The molecule has 2 aromatic heterocycles. The van der Waals surface area contributed by atoms with Crippen LogP contribution in [0.1, 0.15) is 24.5 Å². The Labute approximate surface area is 234 Å². The van der Waals surface area contributed by atoms with Crippen molar-refractivity contribution in [3.05, 3.63) is 99.3 Å². The van der Waals surface area contributed by atoms with E-state index in [-0.39, 0.29) is 24.4 Å². The first kappa shape index (κ1) is 28.1.